The maximum atomic E-state index is 12.7. The van der Waals surface area contributed by atoms with Crippen LogP contribution in [0.25, 0.3) is 0 Å². The minimum absolute atomic E-state index is 0.00955. The number of aromatic nitrogens is 2. The van der Waals surface area contributed by atoms with Gasteiger partial charge in [-0.1, -0.05) is 36.4 Å². The molecule has 32 heavy (non-hydrogen) atoms. The van der Waals surface area contributed by atoms with Crippen LogP contribution >= 0.6 is 0 Å². The number of methoxy groups -OCH3 is 1. The molecule has 0 saturated carbocycles. The summed E-state index contributed by atoms with van der Waals surface area (Å²) in [6.45, 7) is 6.71. The molecular weight excluding hydrogens is 404 g/mol. The van der Waals surface area contributed by atoms with E-state index in [2.05, 4.69) is 15.3 Å². The van der Waals surface area contributed by atoms with Gasteiger partial charge in [0.05, 0.1) is 25.9 Å². The molecule has 0 radical (unpaired) electrons. The third-order valence-corrected chi connectivity index (χ3v) is 5.66. The van der Waals surface area contributed by atoms with Crippen molar-refractivity contribution in [2.24, 2.45) is 0 Å². The third kappa shape index (κ3) is 5.11. The fourth-order valence-corrected chi connectivity index (χ4v) is 4.16. The Morgan fingerprint density at radius 1 is 1.19 bits per heavy atom. The zero-order chi connectivity index (χ0) is 22.5. The van der Waals surface area contributed by atoms with Crippen molar-refractivity contribution in [2.75, 3.05) is 26.7 Å². The number of rotatable bonds is 7. The number of carbonyl (C=O) groups is 1. The van der Waals surface area contributed by atoms with Crippen LogP contribution in [0.5, 0.6) is 11.5 Å². The second kappa shape index (κ2) is 9.87. The summed E-state index contributed by atoms with van der Waals surface area (Å²) in [5, 5.41) is 7.48. The molecule has 2 aromatic carbocycles. The van der Waals surface area contributed by atoms with Gasteiger partial charge in [-0.15, -0.1) is 0 Å². The zero-order valence-electron chi connectivity index (χ0n) is 18.9. The molecule has 2 heterocycles. The van der Waals surface area contributed by atoms with Gasteiger partial charge in [0.2, 0.25) is 5.91 Å². The van der Waals surface area contributed by atoms with Gasteiger partial charge in [-0.3, -0.25) is 14.4 Å². The lowest BCUT2D eigenvalue weighted by atomic mass is 10.1. The highest BCUT2D eigenvalue weighted by Crippen LogP contribution is 2.34. The number of para-hydroxylation sites is 2. The van der Waals surface area contributed by atoms with Crippen LogP contribution in [0.4, 0.5) is 0 Å². The van der Waals surface area contributed by atoms with Crippen LogP contribution in [0.2, 0.25) is 0 Å². The molecule has 1 amide bonds. The summed E-state index contributed by atoms with van der Waals surface area (Å²) in [6, 6.07) is 17.9. The van der Waals surface area contributed by atoms with Crippen molar-refractivity contribution in [1.82, 2.24) is 20.0 Å². The monoisotopic (exact) mass is 434 g/mol. The first-order valence-corrected chi connectivity index (χ1v) is 10.9. The standard InChI is InChI=1S/C25H30N4O3/c1-18-14-19(2)29(27-18)13-12-26-25(30)17-28-15-20-8-4-6-10-22(20)32-24(16-28)21-9-5-7-11-23(21)31-3/h4-11,14,24H,12-13,15-17H2,1-3H3,(H,26,30). The molecule has 7 heteroatoms. The first-order chi connectivity index (χ1) is 15.5. The van der Waals surface area contributed by atoms with E-state index in [9.17, 15) is 4.79 Å². The van der Waals surface area contributed by atoms with E-state index < -0.39 is 0 Å². The quantitative estimate of drug-likeness (QED) is 0.618. The topological polar surface area (TPSA) is 68.6 Å². The number of amides is 1. The smallest absolute Gasteiger partial charge is 0.234 e. The van der Waals surface area contributed by atoms with E-state index >= 15 is 0 Å². The largest absolute Gasteiger partial charge is 0.496 e. The summed E-state index contributed by atoms with van der Waals surface area (Å²) in [4.78, 5) is 14.9. The maximum absolute atomic E-state index is 12.7. The van der Waals surface area contributed by atoms with Crippen LogP contribution in [-0.2, 0) is 17.9 Å². The van der Waals surface area contributed by atoms with Gasteiger partial charge in [0.25, 0.3) is 0 Å². The van der Waals surface area contributed by atoms with Gasteiger partial charge in [-0.05, 0) is 32.0 Å². The normalized spacial score (nSPS) is 16.0. The molecule has 0 aliphatic carbocycles. The van der Waals surface area contributed by atoms with Crippen LogP contribution in [0.15, 0.2) is 54.6 Å². The van der Waals surface area contributed by atoms with E-state index in [1.165, 1.54) is 0 Å². The fourth-order valence-electron chi connectivity index (χ4n) is 4.16. The summed E-state index contributed by atoms with van der Waals surface area (Å²) in [7, 11) is 1.66. The Hall–Kier alpha value is -3.32. The number of benzene rings is 2. The van der Waals surface area contributed by atoms with Gasteiger partial charge >= 0.3 is 0 Å². The van der Waals surface area contributed by atoms with Gasteiger partial charge in [0.1, 0.15) is 17.6 Å². The zero-order valence-corrected chi connectivity index (χ0v) is 18.9. The Balaban J connectivity index is 1.45. The molecule has 1 atom stereocenters. The predicted octanol–water partition coefficient (Wildman–Crippen LogP) is 3.26. The molecule has 3 aromatic rings. The third-order valence-electron chi connectivity index (χ3n) is 5.66. The average molecular weight is 435 g/mol. The Morgan fingerprint density at radius 3 is 2.75 bits per heavy atom. The molecule has 1 N–H and O–H groups in total. The molecule has 0 fully saturated rings. The minimum atomic E-state index is -0.239. The molecule has 168 valence electrons. The van der Waals surface area contributed by atoms with Crippen molar-refractivity contribution in [1.29, 1.82) is 0 Å². The first kappa shape index (κ1) is 21.9. The van der Waals surface area contributed by atoms with Crippen LogP contribution in [0.3, 0.4) is 0 Å². The van der Waals surface area contributed by atoms with Crippen LogP contribution in [0.1, 0.15) is 28.6 Å². The Kier molecular flexibility index (Phi) is 6.75. The van der Waals surface area contributed by atoms with Crippen molar-refractivity contribution >= 4 is 5.91 Å². The molecule has 1 unspecified atom stereocenters. The Bertz CT molecular complexity index is 1080. The highest BCUT2D eigenvalue weighted by atomic mass is 16.5. The minimum Gasteiger partial charge on any atom is -0.496 e. The van der Waals surface area contributed by atoms with Gasteiger partial charge in [-0.2, -0.15) is 5.10 Å². The molecule has 0 saturated heterocycles. The second-order valence-corrected chi connectivity index (χ2v) is 8.13. The Labute approximate surface area is 188 Å². The number of aryl methyl sites for hydroxylation is 2. The maximum Gasteiger partial charge on any atom is 0.234 e. The molecule has 1 aliphatic rings. The predicted molar refractivity (Wildman–Crippen MR) is 123 cm³/mol. The number of ether oxygens (including phenoxy) is 2. The molecule has 0 bridgehead atoms. The number of nitrogens with zero attached hydrogens (tertiary/aromatic N) is 3. The van der Waals surface area contributed by atoms with E-state index in [4.69, 9.17) is 9.47 Å². The molecular formula is C25H30N4O3. The van der Waals surface area contributed by atoms with Gasteiger partial charge < -0.3 is 14.8 Å². The summed E-state index contributed by atoms with van der Waals surface area (Å²) in [5.74, 6) is 1.62. The summed E-state index contributed by atoms with van der Waals surface area (Å²) >= 11 is 0. The SMILES string of the molecule is COc1ccccc1C1CN(CC(=O)NCCn2nc(C)cc2C)Cc2ccccc2O1. The highest BCUT2D eigenvalue weighted by molar-refractivity contribution is 5.78. The van der Waals surface area contributed by atoms with E-state index in [1.54, 1.807) is 7.11 Å². The number of nitrogens with one attached hydrogen (secondary N) is 1. The number of fused-ring (bicyclic) bond motifs is 1. The van der Waals surface area contributed by atoms with E-state index in [0.29, 0.717) is 32.7 Å². The lowest BCUT2D eigenvalue weighted by Crippen LogP contribution is -2.39. The summed E-state index contributed by atoms with van der Waals surface area (Å²) in [6.07, 6.45) is -0.239. The van der Waals surface area contributed by atoms with Gasteiger partial charge in [0.15, 0.2) is 0 Å². The van der Waals surface area contributed by atoms with E-state index in [0.717, 1.165) is 34.0 Å². The molecule has 0 spiro atoms. The lowest BCUT2D eigenvalue weighted by molar-refractivity contribution is -0.122. The molecule has 1 aromatic heterocycles. The Morgan fingerprint density at radius 2 is 1.97 bits per heavy atom. The number of hydrogen-bond acceptors (Lipinski definition) is 5. The lowest BCUT2D eigenvalue weighted by Gasteiger charge is -2.24. The van der Waals surface area contributed by atoms with Gasteiger partial charge in [0, 0.05) is 36.5 Å². The van der Waals surface area contributed by atoms with Crippen molar-refractivity contribution < 1.29 is 14.3 Å². The van der Waals surface area contributed by atoms with Crippen LogP contribution in [-0.4, -0.2) is 47.3 Å². The van der Waals surface area contributed by atoms with Gasteiger partial charge in [-0.25, -0.2) is 0 Å². The van der Waals surface area contributed by atoms with E-state index in [-0.39, 0.29) is 12.0 Å². The van der Waals surface area contributed by atoms with Crippen molar-refractivity contribution in [3.63, 3.8) is 0 Å². The fraction of sp³-hybridized carbons (Fsp3) is 0.360. The molecule has 7 nitrogen and oxygen atoms in total. The molecule has 4 rings (SSSR count). The van der Waals surface area contributed by atoms with Crippen LogP contribution in [0, 0.1) is 13.8 Å². The van der Waals surface area contributed by atoms with Crippen molar-refractivity contribution in [2.45, 2.75) is 33.0 Å². The van der Waals surface area contributed by atoms with Crippen LogP contribution < -0.4 is 14.8 Å². The first-order valence-electron chi connectivity index (χ1n) is 10.9. The number of hydrogen-bond donors (Lipinski definition) is 1. The van der Waals surface area contributed by atoms with Crippen molar-refractivity contribution in [3.8, 4) is 11.5 Å². The highest BCUT2D eigenvalue weighted by Gasteiger charge is 2.27. The second-order valence-electron chi connectivity index (χ2n) is 8.13. The van der Waals surface area contributed by atoms with Crippen molar-refractivity contribution in [3.05, 3.63) is 77.1 Å². The summed E-state index contributed by atoms with van der Waals surface area (Å²) in [5.41, 5.74) is 4.12. The number of carbonyl (C=O) groups excluding carboxylic acids is 1. The molecule has 1 aliphatic heterocycles. The summed E-state index contributed by atoms with van der Waals surface area (Å²) < 4.78 is 13.9. The average Bonchev–Trinajstić information content (AvgIpc) is 3.00. The van der Waals surface area contributed by atoms with E-state index in [1.807, 2.05) is 73.1 Å².